The fourth-order valence-corrected chi connectivity index (χ4v) is 8.97. The van der Waals surface area contributed by atoms with Crippen molar-refractivity contribution in [2.45, 2.75) is 23.2 Å². The topological polar surface area (TPSA) is 174 Å². The minimum atomic E-state index is -5.08. The number of ether oxygens (including phenoxy) is 1. The molecule has 4 heterocycles. The lowest BCUT2D eigenvalue weighted by atomic mass is 9.94. The van der Waals surface area contributed by atoms with Gasteiger partial charge in [-0.25, -0.2) is 17.5 Å². The Bertz CT molecular complexity index is 2430. The summed E-state index contributed by atoms with van der Waals surface area (Å²) in [6, 6.07) is 22.1. The molecule has 2 fully saturated rings. The van der Waals surface area contributed by atoms with Gasteiger partial charge in [-0.2, -0.15) is 18.4 Å². The molecule has 2 saturated heterocycles. The van der Waals surface area contributed by atoms with E-state index in [1.54, 1.807) is 58.3 Å². The van der Waals surface area contributed by atoms with Crippen molar-refractivity contribution in [3.63, 3.8) is 0 Å². The molecule has 310 valence electrons. The van der Waals surface area contributed by atoms with Gasteiger partial charge in [-0.1, -0.05) is 53.5 Å². The molecule has 59 heavy (non-hydrogen) atoms. The molecule has 0 radical (unpaired) electrons. The number of pyridine rings is 1. The molecule has 0 bridgehead atoms. The number of fused-ring (bicyclic) bond motifs is 1. The maximum atomic E-state index is 14.7. The SMILES string of the molecule is N#Cc1cccc(S(=O)(=O)N2c3ccc(C(=O)N4CCN(CC(=O)N5CCOCC5)CC4)c(=O)n3[C@@H](c3ccc(Cl)cc3)[C@H]2c2ccc(Cl)cc2)c1.O=C(O)C(F)(F)F. The molecule has 1 N–H and O–H groups in total. The number of aromatic nitrogens is 1. The Hall–Kier alpha value is -5.45. The molecule has 3 aliphatic rings. The van der Waals surface area contributed by atoms with E-state index in [9.17, 15) is 41.2 Å². The van der Waals surface area contributed by atoms with Crippen molar-refractivity contribution in [3.8, 4) is 6.07 Å². The maximum Gasteiger partial charge on any atom is 0.490 e. The third-order valence-electron chi connectivity index (χ3n) is 9.95. The molecular weight excluding hydrogens is 840 g/mol. The summed E-state index contributed by atoms with van der Waals surface area (Å²) in [7, 11) is -4.41. The van der Waals surface area contributed by atoms with Gasteiger partial charge in [-0.05, 0) is 65.7 Å². The number of amides is 2. The zero-order valence-electron chi connectivity index (χ0n) is 30.9. The second-order valence-corrected chi connectivity index (χ2v) is 16.3. The number of nitrogens with zero attached hydrogens (tertiary/aromatic N) is 6. The molecule has 3 aromatic carbocycles. The first-order chi connectivity index (χ1) is 28.0. The Morgan fingerprint density at radius 3 is 1.92 bits per heavy atom. The number of carbonyl (C=O) groups excluding carboxylic acids is 2. The van der Waals surface area contributed by atoms with Crippen molar-refractivity contribution in [2.24, 2.45) is 0 Å². The molecule has 14 nitrogen and oxygen atoms in total. The van der Waals surface area contributed by atoms with Crippen LogP contribution in [0.3, 0.4) is 0 Å². The van der Waals surface area contributed by atoms with E-state index in [1.807, 2.05) is 11.0 Å². The molecule has 2 amide bonds. The molecule has 20 heteroatoms. The number of halogens is 5. The maximum absolute atomic E-state index is 14.7. The van der Waals surface area contributed by atoms with E-state index in [-0.39, 0.29) is 34.3 Å². The lowest BCUT2D eigenvalue weighted by Crippen LogP contribution is -2.53. The van der Waals surface area contributed by atoms with Gasteiger partial charge in [0, 0.05) is 49.3 Å². The number of morpholine rings is 1. The zero-order valence-corrected chi connectivity index (χ0v) is 33.2. The summed E-state index contributed by atoms with van der Waals surface area (Å²) in [4.78, 5) is 55.7. The number of aliphatic carboxylic acids is 1. The van der Waals surface area contributed by atoms with Gasteiger partial charge in [-0.3, -0.25) is 23.9 Å². The van der Waals surface area contributed by atoms with Crippen LogP contribution in [-0.2, 0) is 24.3 Å². The van der Waals surface area contributed by atoms with Gasteiger partial charge in [0.1, 0.15) is 11.4 Å². The van der Waals surface area contributed by atoms with Crippen LogP contribution in [0.4, 0.5) is 19.0 Å². The van der Waals surface area contributed by atoms with E-state index in [0.29, 0.717) is 73.7 Å². The van der Waals surface area contributed by atoms with Gasteiger partial charge in [-0.15, -0.1) is 0 Å². The monoisotopic (exact) mass is 874 g/mol. The average Bonchev–Trinajstić information content (AvgIpc) is 3.58. The fraction of sp³-hybridized carbons (Fsp3) is 0.308. The second kappa shape index (κ2) is 17.8. The fourth-order valence-electron chi connectivity index (χ4n) is 7.03. The number of rotatable bonds is 7. The van der Waals surface area contributed by atoms with Gasteiger partial charge in [0.2, 0.25) is 5.91 Å². The van der Waals surface area contributed by atoms with Crippen LogP contribution in [-0.4, -0.2) is 116 Å². The number of sulfonamides is 1. The Morgan fingerprint density at radius 2 is 1.37 bits per heavy atom. The molecule has 4 aromatic rings. The average molecular weight is 876 g/mol. The highest BCUT2D eigenvalue weighted by atomic mass is 35.5. The molecule has 2 atom stereocenters. The Balaban J connectivity index is 0.000000768. The van der Waals surface area contributed by atoms with Crippen LogP contribution < -0.4 is 9.86 Å². The molecule has 0 saturated carbocycles. The minimum Gasteiger partial charge on any atom is -0.475 e. The summed E-state index contributed by atoms with van der Waals surface area (Å²) < 4.78 is 69.0. The predicted octanol–water partition coefficient (Wildman–Crippen LogP) is 4.82. The minimum absolute atomic E-state index is 0.0160. The van der Waals surface area contributed by atoms with E-state index in [1.165, 1.54) is 45.3 Å². The van der Waals surface area contributed by atoms with E-state index in [0.717, 1.165) is 0 Å². The Kier molecular flexibility index (Phi) is 13.0. The lowest BCUT2D eigenvalue weighted by Gasteiger charge is -2.36. The number of carboxylic acid groups (broad SMARTS) is 1. The summed E-state index contributed by atoms with van der Waals surface area (Å²) in [6.07, 6.45) is -5.08. The van der Waals surface area contributed by atoms with Gasteiger partial charge in [0.15, 0.2) is 0 Å². The van der Waals surface area contributed by atoms with Gasteiger partial charge >= 0.3 is 12.1 Å². The zero-order chi connectivity index (χ0) is 42.6. The normalized spacial score (nSPS) is 18.3. The van der Waals surface area contributed by atoms with E-state index < -0.39 is 45.7 Å². The predicted molar refractivity (Wildman–Crippen MR) is 209 cm³/mol. The number of anilines is 1. The van der Waals surface area contributed by atoms with Crippen LogP contribution in [0.2, 0.25) is 10.0 Å². The summed E-state index contributed by atoms with van der Waals surface area (Å²) in [5.41, 5.74) is 0.514. The van der Waals surface area contributed by atoms with Crippen molar-refractivity contribution >= 4 is 56.8 Å². The molecule has 1 aromatic heterocycles. The third kappa shape index (κ3) is 9.40. The number of hydrogen-bond acceptors (Lipinski definition) is 9. The molecule has 0 unspecified atom stereocenters. The first-order valence-electron chi connectivity index (χ1n) is 18.0. The molecule has 0 aliphatic carbocycles. The molecule has 7 rings (SSSR count). The summed E-state index contributed by atoms with van der Waals surface area (Å²) >= 11 is 12.5. The number of carbonyl (C=O) groups is 3. The summed E-state index contributed by atoms with van der Waals surface area (Å²) in [5, 5.41) is 17.6. The van der Waals surface area contributed by atoms with Crippen molar-refractivity contribution in [1.82, 2.24) is 19.3 Å². The highest BCUT2D eigenvalue weighted by Crippen LogP contribution is 2.49. The molecular formula is C39H35Cl2F3N6O8S. The highest BCUT2D eigenvalue weighted by Gasteiger charge is 2.48. The lowest BCUT2D eigenvalue weighted by molar-refractivity contribution is -0.192. The van der Waals surface area contributed by atoms with Crippen LogP contribution in [0.25, 0.3) is 0 Å². The van der Waals surface area contributed by atoms with E-state index in [2.05, 4.69) is 0 Å². The first-order valence-corrected chi connectivity index (χ1v) is 20.2. The standard InChI is InChI=1S/C37H34Cl2N6O6S.C2HF3O2/c38-28-8-4-26(5-9-28)34-35(27-6-10-29(39)11-7-27)45(52(49,50)30-3-1-2-25(22-30)23-40)32-13-12-31(37(48)44(32)34)36(47)43-16-14-41(15-17-43)24-33(46)42-18-20-51-21-19-42;3-2(4,5)1(6)7/h1-13,22,34-35H,14-21,24H2;(H,6,7)/t34-,35+;/m0./s1. The van der Waals surface area contributed by atoms with Gasteiger partial charge in [0.25, 0.3) is 21.5 Å². The third-order valence-corrected chi connectivity index (χ3v) is 12.2. The number of nitriles is 1. The van der Waals surface area contributed by atoms with Crippen molar-refractivity contribution in [3.05, 3.63) is 128 Å². The first kappa shape index (κ1) is 43.1. The van der Waals surface area contributed by atoms with Gasteiger partial charge < -0.3 is 19.6 Å². The van der Waals surface area contributed by atoms with Gasteiger partial charge in [0.05, 0.1) is 48.4 Å². The number of carboxylic acids is 1. The van der Waals surface area contributed by atoms with Crippen molar-refractivity contribution < 1.29 is 45.8 Å². The van der Waals surface area contributed by atoms with E-state index in [4.69, 9.17) is 37.8 Å². The number of alkyl halides is 3. The Morgan fingerprint density at radius 1 is 0.814 bits per heavy atom. The number of piperazine rings is 1. The van der Waals surface area contributed by atoms with Crippen molar-refractivity contribution in [2.75, 3.05) is 63.3 Å². The molecule has 0 spiro atoms. The quantitative estimate of drug-likeness (QED) is 0.272. The number of hydrogen-bond donors (Lipinski definition) is 1. The van der Waals surface area contributed by atoms with Crippen LogP contribution in [0.5, 0.6) is 0 Å². The molecule has 3 aliphatic heterocycles. The largest absolute Gasteiger partial charge is 0.490 e. The van der Waals surface area contributed by atoms with Crippen LogP contribution in [0.1, 0.15) is 39.1 Å². The van der Waals surface area contributed by atoms with E-state index >= 15 is 0 Å². The summed E-state index contributed by atoms with van der Waals surface area (Å²) in [5.74, 6) is -3.18. The number of benzene rings is 3. The second-order valence-electron chi connectivity index (χ2n) is 13.6. The Labute approximate surface area is 346 Å². The summed E-state index contributed by atoms with van der Waals surface area (Å²) in [6.45, 7) is 3.90. The van der Waals surface area contributed by atoms with Crippen LogP contribution >= 0.6 is 23.2 Å². The smallest absolute Gasteiger partial charge is 0.475 e. The highest BCUT2D eigenvalue weighted by molar-refractivity contribution is 7.92. The van der Waals surface area contributed by atoms with Crippen LogP contribution in [0, 0.1) is 11.3 Å². The van der Waals surface area contributed by atoms with Crippen molar-refractivity contribution in [1.29, 1.82) is 5.26 Å². The van der Waals surface area contributed by atoms with Crippen LogP contribution in [0.15, 0.2) is 94.6 Å².